The van der Waals surface area contributed by atoms with Crippen LogP contribution < -0.4 is 10.4 Å². The molecule has 0 saturated heterocycles. The van der Waals surface area contributed by atoms with Gasteiger partial charge >= 0.3 is 0 Å². The number of allylic oxidation sites excluding steroid dienone is 12. The van der Waals surface area contributed by atoms with Gasteiger partial charge in [-0.3, -0.25) is 0 Å². The Labute approximate surface area is 325 Å². The van der Waals surface area contributed by atoms with E-state index in [1.165, 1.54) is 71.6 Å². The van der Waals surface area contributed by atoms with Crippen LogP contribution in [0.4, 0.5) is 0 Å². The number of rotatable bonds is 5. The molecule has 8 rings (SSSR count). The lowest BCUT2D eigenvalue weighted by atomic mass is 9.77. The molecule has 272 valence electrons. The van der Waals surface area contributed by atoms with E-state index in [2.05, 4.69) is 201 Å². The molecule has 1 heteroatoms. The van der Waals surface area contributed by atoms with Crippen molar-refractivity contribution in [2.75, 3.05) is 0 Å². The van der Waals surface area contributed by atoms with Gasteiger partial charge in [0.2, 0.25) is 0 Å². The highest BCUT2D eigenvalue weighted by Crippen LogP contribution is 2.47. The predicted molar refractivity (Wildman–Crippen MR) is 240 cm³/mol. The fourth-order valence-corrected chi connectivity index (χ4v) is 12.2. The lowest BCUT2D eigenvalue weighted by molar-refractivity contribution is 0.510. The van der Waals surface area contributed by atoms with Crippen LogP contribution in [0, 0.1) is 11.3 Å². The minimum Gasteiger partial charge on any atom is -0.0801 e. The van der Waals surface area contributed by atoms with Crippen molar-refractivity contribution in [1.82, 2.24) is 0 Å². The van der Waals surface area contributed by atoms with Gasteiger partial charge in [-0.2, -0.15) is 0 Å². The first kappa shape index (κ1) is 36.3. The minimum atomic E-state index is -2.00. The van der Waals surface area contributed by atoms with Crippen molar-refractivity contribution in [2.24, 2.45) is 11.3 Å². The average Bonchev–Trinajstić information content (AvgIpc) is 3.36. The van der Waals surface area contributed by atoms with Gasteiger partial charge in [0.15, 0.2) is 0 Å². The Balaban J connectivity index is 1.30. The van der Waals surface area contributed by atoms with E-state index in [0.29, 0.717) is 11.8 Å². The molecule has 0 spiro atoms. The molecule has 0 fully saturated rings. The van der Waals surface area contributed by atoms with Crippen LogP contribution in [0.5, 0.6) is 0 Å². The smallest absolute Gasteiger partial charge is 0.0801 e. The molecule has 0 nitrogen and oxygen atoms in total. The lowest BCUT2D eigenvalue weighted by Gasteiger charge is -2.28. The third kappa shape index (κ3) is 6.45. The second kappa shape index (κ2) is 13.5. The zero-order chi connectivity index (χ0) is 38.0. The Morgan fingerprint density at radius 3 is 2.13 bits per heavy atom. The van der Waals surface area contributed by atoms with E-state index in [4.69, 9.17) is 0 Å². The van der Waals surface area contributed by atoms with Crippen LogP contribution >= 0.6 is 0 Å². The molecular weight excluding hydrogens is 665 g/mol. The molecule has 1 aliphatic heterocycles. The summed E-state index contributed by atoms with van der Waals surface area (Å²) in [7, 11) is -2.00. The molecule has 5 aromatic rings. The van der Waals surface area contributed by atoms with Crippen molar-refractivity contribution >= 4 is 40.0 Å². The van der Waals surface area contributed by atoms with Crippen LogP contribution in [0.2, 0.25) is 13.1 Å². The molecule has 0 saturated carbocycles. The molecule has 3 aliphatic rings. The average molecular weight is 721 g/mol. The van der Waals surface area contributed by atoms with Crippen LogP contribution in [0.15, 0.2) is 151 Å². The molecule has 0 amide bonds. The Morgan fingerprint density at radius 1 is 0.704 bits per heavy atom. The zero-order valence-corrected chi connectivity index (χ0v) is 34.8. The normalized spacial score (nSPS) is 19.9. The summed E-state index contributed by atoms with van der Waals surface area (Å²) >= 11 is 0. The predicted octanol–water partition coefficient (Wildman–Crippen LogP) is 13.6. The quantitative estimate of drug-likeness (QED) is 0.125. The van der Waals surface area contributed by atoms with Gasteiger partial charge in [-0.05, 0) is 118 Å². The largest absolute Gasteiger partial charge is 0.113 e. The summed E-state index contributed by atoms with van der Waals surface area (Å²) in [5, 5.41) is 8.69. The van der Waals surface area contributed by atoms with Gasteiger partial charge in [0.05, 0.1) is 0 Å². The maximum absolute atomic E-state index is 2.65. The summed E-state index contributed by atoms with van der Waals surface area (Å²) in [4.78, 5) is 0. The van der Waals surface area contributed by atoms with Crippen molar-refractivity contribution in [1.29, 1.82) is 0 Å². The molecule has 2 unspecified atom stereocenters. The van der Waals surface area contributed by atoms with Gasteiger partial charge < -0.3 is 0 Å². The van der Waals surface area contributed by atoms with Crippen LogP contribution in [-0.4, -0.2) is 8.07 Å². The minimum absolute atomic E-state index is 0.106. The fraction of sp³-hybridized carbons (Fsp3) is 0.283. The molecule has 2 aliphatic carbocycles. The highest BCUT2D eigenvalue weighted by molar-refractivity contribution is 7.04. The topological polar surface area (TPSA) is 0 Å². The molecule has 5 aromatic carbocycles. The molecule has 0 radical (unpaired) electrons. The first-order valence-corrected chi connectivity index (χ1v) is 23.1. The van der Waals surface area contributed by atoms with E-state index < -0.39 is 8.07 Å². The van der Waals surface area contributed by atoms with E-state index in [-0.39, 0.29) is 10.8 Å². The SMILES string of the molecule is CC1C=CC=CC1=CC=CCc1ccc2c(c1)[Si](C)(C)c1cc3c(C4C=CC(C(C)(C)C)=CC4)c4ccccc4c(-c4ccc(C(C)(C)C)cc4)c3cc1-2. The Hall–Kier alpha value is -4.72. The zero-order valence-electron chi connectivity index (χ0n) is 33.8. The second-order valence-electron chi connectivity index (χ2n) is 18.6. The summed E-state index contributed by atoms with van der Waals surface area (Å²) in [6.07, 6.45) is 25.0. The van der Waals surface area contributed by atoms with Gasteiger partial charge in [-0.1, -0.05) is 195 Å². The number of hydrogen-bond donors (Lipinski definition) is 0. The molecule has 1 heterocycles. The molecule has 0 aromatic heterocycles. The van der Waals surface area contributed by atoms with Crippen molar-refractivity contribution in [3.63, 3.8) is 0 Å². The molecule has 0 N–H and O–H groups in total. The van der Waals surface area contributed by atoms with E-state index in [1.54, 1.807) is 10.4 Å². The van der Waals surface area contributed by atoms with Crippen LogP contribution in [0.1, 0.15) is 77.5 Å². The molecule has 54 heavy (non-hydrogen) atoms. The van der Waals surface area contributed by atoms with Crippen molar-refractivity contribution in [3.05, 3.63) is 167 Å². The first-order valence-electron chi connectivity index (χ1n) is 20.1. The van der Waals surface area contributed by atoms with Crippen molar-refractivity contribution < 1.29 is 0 Å². The summed E-state index contributed by atoms with van der Waals surface area (Å²) in [5.74, 6) is 0.789. The van der Waals surface area contributed by atoms with E-state index in [9.17, 15) is 0 Å². The van der Waals surface area contributed by atoms with Gasteiger partial charge in [-0.25, -0.2) is 0 Å². The monoisotopic (exact) mass is 720 g/mol. The summed E-state index contributed by atoms with van der Waals surface area (Å²) < 4.78 is 0. The van der Waals surface area contributed by atoms with Gasteiger partial charge in [0.1, 0.15) is 8.07 Å². The van der Waals surface area contributed by atoms with E-state index in [0.717, 1.165) is 12.8 Å². The fourth-order valence-electron chi connectivity index (χ4n) is 9.10. The van der Waals surface area contributed by atoms with Gasteiger partial charge in [0.25, 0.3) is 0 Å². The first-order chi connectivity index (χ1) is 25.7. The molecule has 0 bridgehead atoms. The van der Waals surface area contributed by atoms with Crippen LogP contribution in [0.3, 0.4) is 0 Å². The Bertz CT molecular complexity index is 2470. The van der Waals surface area contributed by atoms with Crippen molar-refractivity contribution in [2.45, 2.75) is 85.7 Å². The number of benzene rings is 5. The number of hydrogen-bond acceptors (Lipinski definition) is 0. The second-order valence-corrected chi connectivity index (χ2v) is 22.9. The lowest BCUT2D eigenvalue weighted by Crippen LogP contribution is -2.49. The molecule has 2 atom stereocenters. The third-order valence-corrected chi connectivity index (χ3v) is 15.9. The van der Waals surface area contributed by atoms with E-state index >= 15 is 0 Å². The number of fused-ring (bicyclic) bond motifs is 5. The third-order valence-electron chi connectivity index (χ3n) is 12.4. The summed E-state index contributed by atoms with van der Waals surface area (Å²) in [6, 6.07) is 31.3. The summed E-state index contributed by atoms with van der Waals surface area (Å²) in [6.45, 7) is 21.3. The van der Waals surface area contributed by atoms with E-state index in [1.807, 2.05) is 0 Å². The summed E-state index contributed by atoms with van der Waals surface area (Å²) in [5.41, 5.74) is 12.8. The standard InChI is InChI=1S/C53H56Si/c1-35-16-10-12-18-37(35)19-13-11-17-36-22-31-42-45-33-46-47(34-49(45)54(8,9)48(42)32-36)51(39-25-29-41(30-26-39)53(5,6)7)44-21-15-14-20-43(44)50(46)38-23-27-40(28-24-38)52(2,3)4/h10-16,18-25,27-35,39H,17,26H2,1-9H3. The van der Waals surface area contributed by atoms with Gasteiger partial charge in [0, 0.05) is 5.92 Å². The molecular formula is C53H56Si. The van der Waals surface area contributed by atoms with Gasteiger partial charge in [-0.15, -0.1) is 0 Å². The van der Waals surface area contributed by atoms with Crippen LogP contribution in [-0.2, 0) is 11.8 Å². The maximum Gasteiger partial charge on any atom is 0.113 e. The Kier molecular flexibility index (Phi) is 9.09. The van der Waals surface area contributed by atoms with Crippen LogP contribution in [0.25, 0.3) is 43.8 Å². The Morgan fingerprint density at radius 2 is 1.44 bits per heavy atom. The highest BCUT2D eigenvalue weighted by Gasteiger charge is 2.38. The maximum atomic E-state index is 2.65. The highest BCUT2D eigenvalue weighted by atomic mass is 28.3. The van der Waals surface area contributed by atoms with Crippen molar-refractivity contribution in [3.8, 4) is 22.3 Å².